The number of sulfone groups is 1. The van der Waals surface area contributed by atoms with Crippen LogP contribution in [0.15, 0.2) is 76.5 Å². The van der Waals surface area contributed by atoms with E-state index in [4.69, 9.17) is 27.9 Å². The summed E-state index contributed by atoms with van der Waals surface area (Å²) in [5.74, 6) is 0.330. The third-order valence-corrected chi connectivity index (χ3v) is 7.25. The van der Waals surface area contributed by atoms with Gasteiger partial charge in [0.15, 0.2) is 0 Å². The predicted molar refractivity (Wildman–Crippen MR) is 122 cm³/mol. The van der Waals surface area contributed by atoms with Crippen molar-refractivity contribution >= 4 is 44.6 Å². The Labute approximate surface area is 191 Å². The largest absolute Gasteiger partial charge is 0.496 e. The van der Waals surface area contributed by atoms with Gasteiger partial charge in [0.25, 0.3) is 0 Å². The second-order valence-electron chi connectivity index (χ2n) is 6.50. The molecule has 0 aromatic heterocycles. The lowest BCUT2D eigenvalue weighted by molar-refractivity contribution is -0.119. The van der Waals surface area contributed by atoms with Crippen molar-refractivity contribution in [3.8, 4) is 5.75 Å². The molecule has 0 saturated carbocycles. The molecule has 2 N–H and O–H groups in total. The standard InChI is InChI=1S/C22H20Cl2N2O4S/c1-30-19-10-6-5-7-15(19)13-26-20(27)14-25-18-12-11-17(23)21(24)22(18)31(28,29)16-8-3-2-4-9-16/h2-12,25H,13-14H2,1H3,(H,26,27). The monoisotopic (exact) mass is 478 g/mol. The Balaban J connectivity index is 1.78. The Hall–Kier alpha value is -2.74. The van der Waals surface area contributed by atoms with Crippen molar-refractivity contribution < 1.29 is 17.9 Å². The fourth-order valence-electron chi connectivity index (χ4n) is 2.93. The number of anilines is 1. The molecular formula is C22H20Cl2N2O4S. The van der Waals surface area contributed by atoms with E-state index in [0.29, 0.717) is 5.75 Å². The number of para-hydroxylation sites is 1. The first-order valence-electron chi connectivity index (χ1n) is 9.25. The number of hydrogen-bond donors (Lipinski definition) is 2. The molecule has 0 spiro atoms. The number of halogens is 2. The number of rotatable bonds is 8. The molecule has 0 aliphatic heterocycles. The van der Waals surface area contributed by atoms with Crippen LogP contribution in [0.2, 0.25) is 10.0 Å². The molecule has 0 saturated heterocycles. The number of ether oxygens (including phenoxy) is 1. The van der Waals surface area contributed by atoms with Gasteiger partial charge in [-0.3, -0.25) is 4.79 Å². The van der Waals surface area contributed by atoms with E-state index in [9.17, 15) is 13.2 Å². The summed E-state index contributed by atoms with van der Waals surface area (Å²) in [6.45, 7) is 0.103. The molecule has 0 atom stereocenters. The Kier molecular flexibility index (Phi) is 7.43. The zero-order valence-corrected chi connectivity index (χ0v) is 18.9. The van der Waals surface area contributed by atoms with Crippen LogP contribution >= 0.6 is 23.2 Å². The van der Waals surface area contributed by atoms with Gasteiger partial charge in [0.2, 0.25) is 15.7 Å². The second kappa shape index (κ2) is 10.0. The summed E-state index contributed by atoms with van der Waals surface area (Å²) in [6, 6.07) is 18.2. The number of benzene rings is 3. The van der Waals surface area contributed by atoms with Crippen molar-refractivity contribution in [1.82, 2.24) is 5.32 Å². The first-order chi connectivity index (χ1) is 14.8. The highest BCUT2D eigenvalue weighted by molar-refractivity contribution is 7.91. The van der Waals surface area contributed by atoms with E-state index in [1.165, 1.54) is 24.3 Å². The van der Waals surface area contributed by atoms with Crippen LogP contribution in [0.3, 0.4) is 0 Å². The van der Waals surface area contributed by atoms with Crippen LogP contribution in [0.4, 0.5) is 5.69 Å². The Morgan fingerprint density at radius 3 is 2.35 bits per heavy atom. The Morgan fingerprint density at radius 1 is 0.968 bits per heavy atom. The van der Waals surface area contributed by atoms with Gasteiger partial charge in [-0.1, -0.05) is 59.6 Å². The van der Waals surface area contributed by atoms with E-state index in [0.717, 1.165) is 5.56 Å². The number of hydrogen-bond acceptors (Lipinski definition) is 5. The van der Waals surface area contributed by atoms with Crippen LogP contribution in [0.25, 0.3) is 0 Å². The van der Waals surface area contributed by atoms with Gasteiger partial charge < -0.3 is 15.4 Å². The maximum absolute atomic E-state index is 13.2. The van der Waals surface area contributed by atoms with Crippen LogP contribution in [0, 0.1) is 0 Å². The topological polar surface area (TPSA) is 84.5 Å². The summed E-state index contributed by atoms with van der Waals surface area (Å²) in [4.78, 5) is 12.2. The molecule has 0 fully saturated rings. The quantitative estimate of drug-likeness (QED) is 0.495. The maximum atomic E-state index is 13.2. The summed E-state index contributed by atoms with van der Waals surface area (Å²) in [6.07, 6.45) is 0. The van der Waals surface area contributed by atoms with Crippen LogP contribution < -0.4 is 15.4 Å². The summed E-state index contributed by atoms with van der Waals surface area (Å²) < 4.78 is 31.6. The van der Waals surface area contributed by atoms with Crippen LogP contribution in [-0.4, -0.2) is 28.0 Å². The minimum Gasteiger partial charge on any atom is -0.496 e. The number of amides is 1. The average Bonchev–Trinajstić information content (AvgIpc) is 2.79. The average molecular weight is 479 g/mol. The predicted octanol–water partition coefficient (Wildman–Crippen LogP) is 4.56. The SMILES string of the molecule is COc1ccccc1CNC(=O)CNc1ccc(Cl)c(Cl)c1S(=O)(=O)c1ccccc1. The highest BCUT2D eigenvalue weighted by Crippen LogP contribution is 2.38. The number of methoxy groups -OCH3 is 1. The van der Waals surface area contributed by atoms with Gasteiger partial charge in [-0.25, -0.2) is 8.42 Å². The van der Waals surface area contributed by atoms with Gasteiger partial charge in [0, 0.05) is 12.1 Å². The van der Waals surface area contributed by atoms with Crippen molar-refractivity contribution in [3.05, 3.63) is 82.3 Å². The highest BCUT2D eigenvalue weighted by Gasteiger charge is 2.26. The van der Waals surface area contributed by atoms with Crippen molar-refractivity contribution in [2.24, 2.45) is 0 Å². The summed E-state index contributed by atoms with van der Waals surface area (Å²) in [5.41, 5.74) is 1.01. The van der Waals surface area contributed by atoms with Gasteiger partial charge in [0.05, 0.1) is 34.3 Å². The fraction of sp³-hybridized carbons (Fsp3) is 0.136. The minimum absolute atomic E-state index is 0.0721. The molecule has 0 radical (unpaired) electrons. The van der Waals surface area contributed by atoms with Crippen molar-refractivity contribution in [2.75, 3.05) is 19.0 Å². The van der Waals surface area contributed by atoms with Crippen molar-refractivity contribution in [1.29, 1.82) is 0 Å². The third kappa shape index (κ3) is 5.31. The smallest absolute Gasteiger partial charge is 0.239 e. The second-order valence-corrected chi connectivity index (χ2v) is 9.17. The molecular weight excluding hydrogens is 459 g/mol. The van der Waals surface area contributed by atoms with E-state index in [-0.39, 0.29) is 44.5 Å². The van der Waals surface area contributed by atoms with Gasteiger partial charge in [-0.2, -0.15) is 0 Å². The third-order valence-electron chi connectivity index (χ3n) is 4.48. The Morgan fingerprint density at radius 2 is 1.65 bits per heavy atom. The molecule has 0 heterocycles. The molecule has 31 heavy (non-hydrogen) atoms. The fourth-order valence-corrected chi connectivity index (χ4v) is 5.14. The van der Waals surface area contributed by atoms with E-state index in [1.54, 1.807) is 31.4 Å². The van der Waals surface area contributed by atoms with Crippen molar-refractivity contribution in [3.63, 3.8) is 0 Å². The van der Waals surface area contributed by atoms with E-state index >= 15 is 0 Å². The van der Waals surface area contributed by atoms with Crippen molar-refractivity contribution in [2.45, 2.75) is 16.3 Å². The Bertz CT molecular complexity index is 1190. The number of carbonyl (C=O) groups is 1. The molecule has 1 amide bonds. The van der Waals surface area contributed by atoms with E-state index in [1.807, 2.05) is 18.2 Å². The lowest BCUT2D eigenvalue weighted by atomic mass is 10.2. The summed E-state index contributed by atoms with van der Waals surface area (Å²) in [5, 5.41) is 5.62. The molecule has 9 heteroatoms. The first-order valence-corrected chi connectivity index (χ1v) is 11.5. The lowest BCUT2D eigenvalue weighted by Gasteiger charge is -2.15. The molecule has 3 aromatic rings. The van der Waals surface area contributed by atoms with E-state index in [2.05, 4.69) is 10.6 Å². The van der Waals surface area contributed by atoms with Crippen LogP contribution in [0.1, 0.15) is 5.56 Å². The van der Waals surface area contributed by atoms with Gasteiger partial charge in [0.1, 0.15) is 10.6 Å². The zero-order valence-electron chi connectivity index (χ0n) is 16.6. The zero-order chi connectivity index (χ0) is 22.4. The number of nitrogens with one attached hydrogen (secondary N) is 2. The first kappa shape index (κ1) is 22.9. The molecule has 0 bridgehead atoms. The minimum atomic E-state index is -3.96. The highest BCUT2D eigenvalue weighted by atomic mass is 35.5. The van der Waals surface area contributed by atoms with E-state index < -0.39 is 9.84 Å². The molecule has 0 aliphatic rings. The molecule has 6 nitrogen and oxygen atoms in total. The summed E-state index contributed by atoms with van der Waals surface area (Å²) in [7, 11) is -2.41. The normalized spacial score (nSPS) is 11.1. The molecule has 3 rings (SSSR count). The molecule has 0 aliphatic carbocycles. The maximum Gasteiger partial charge on any atom is 0.239 e. The molecule has 162 valence electrons. The van der Waals surface area contributed by atoms with Gasteiger partial charge in [-0.05, 0) is 30.3 Å². The lowest BCUT2D eigenvalue weighted by Crippen LogP contribution is -2.29. The number of carbonyl (C=O) groups excluding carboxylic acids is 1. The van der Waals surface area contributed by atoms with Crippen LogP contribution in [0.5, 0.6) is 5.75 Å². The van der Waals surface area contributed by atoms with Gasteiger partial charge in [-0.15, -0.1) is 0 Å². The molecule has 3 aromatic carbocycles. The summed E-state index contributed by atoms with van der Waals surface area (Å²) >= 11 is 12.3. The van der Waals surface area contributed by atoms with Crippen LogP contribution in [-0.2, 0) is 21.2 Å². The molecule has 0 unspecified atom stereocenters. The van der Waals surface area contributed by atoms with Gasteiger partial charge >= 0.3 is 0 Å².